The zero-order chi connectivity index (χ0) is 30.2. The van der Waals surface area contributed by atoms with Crippen molar-refractivity contribution in [3.8, 4) is 11.1 Å². The Kier molecular flexibility index (Phi) is 5.25. The molecule has 4 nitrogen and oxygen atoms in total. The summed E-state index contributed by atoms with van der Waals surface area (Å²) >= 11 is 0. The van der Waals surface area contributed by atoms with Crippen molar-refractivity contribution in [1.29, 1.82) is 0 Å². The van der Waals surface area contributed by atoms with Gasteiger partial charge in [0.15, 0.2) is 5.58 Å². The van der Waals surface area contributed by atoms with E-state index in [1.54, 1.807) is 0 Å². The zero-order valence-corrected chi connectivity index (χ0v) is 24.6. The lowest BCUT2D eigenvalue weighted by molar-refractivity contribution is 0.668. The Labute approximate surface area is 263 Å². The van der Waals surface area contributed by atoms with E-state index in [0.717, 1.165) is 94.0 Å². The summed E-state index contributed by atoms with van der Waals surface area (Å²) in [6, 6.07) is 52.4. The molecule has 3 aromatic heterocycles. The molecule has 0 radical (unpaired) electrons. The number of benzene rings is 7. The molecular formula is C42H25NO3. The highest BCUT2D eigenvalue weighted by molar-refractivity contribution is 6.15. The second-order valence-corrected chi connectivity index (χ2v) is 11.7. The van der Waals surface area contributed by atoms with Gasteiger partial charge in [-0.3, -0.25) is 0 Å². The lowest BCUT2D eigenvalue weighted by Crippen LogP contribution is -2.10. The largest absolute Gasteiger partial charge is 0.456 e. The van der Waals surface area contributed by atoms with E-state index < -0.39 is 0 Å². The first-order valence-corrected chi connectivity index (χ1v) is 15.4. The topological polar surface area (TPSA) is 42.7 Å². The van der Waals surface area contributed by atoms with E-state index in [1.165, 1.54) is 0 Å². The van der Waals surface area contributed by atoms with E-state index in [0.29, 0.717) is 0 Å². The summed E-state index contributed by atoms with van der Waals surface area (Å²) in [4.78, 5) is 2.29. The van der Waals surface area contributed by atoms with Crippen molar-refractivity contribution in [2.45, 2.75) is 0 Å². The van der Waals surface area contributed by atoms with Crippen LogP contribution in [0.2, 0.25) is 0 Å². The number of hydrogen-bond acceptors (Lipinski definition) is 4. The van der Waals surface area contributed by atoms with Crippen LogP contribution in [0.15, 0.2) is 165 Å². The third-order valence-corrected chi connectivity index (χ3v) is 9.07. The predicted molar refractivity (Wildman–Crippen MR) is 188 cm³/mol. The molecule has 0 aliphatic heterocycles. The summed E-state index contributed by atoms with van der Waals surface area (Å²) in [7, 11) is 0. The van der Waals surface area contributed by atoms with Crippen LogP contribution in [0.5, 0.6) is 0 Å². The van der Waals surface area contributed by atoms with Gasteiger partial charge in [-0.1, -0.05) is 97.1 Å². The number of fused-ring (bicyclic) bond motifs is 9. The van der Waals surface area contributed by atoms with E-state index in [1.807, 2.05) is 30.3 Å². The number of furan rings is 3. The normalized spacial score (nSPS) is 11.9. The van der Waals surface area contributed by atoms with E-state index in [4.69, 9.17) is 13.3 Å². The van der Waals surface area contributed by atoms with Gasteiger partial charge in [-0.25, -0.2) is 0 Å². The van der Waals surface area contributed by atoms with Crippen LogP contribution in [0, 0.1) is 0 Å². The summed E-state index contributed by atoms with van der Waals surface area (Å²) in [6.07, 6.45) is 0. The molecule has 10 aromatic rings. The van der Waals surface area contributed by atoms with Crippen molar-refractivity contribution < 1.29 is 13.3 Å². The van der Waals surface area contributed by atoms with Crippen molar-refractivity contribution in [1.82, 2.24) is 0 Å². The predicted octanol–water partition coefficient (Wildman–Crippen LogP) is 12.5. The van der Waals surface area contributed by atoms with Gasteiger partial charge >= 0.3 is 0 Å². The maximum atomic E-state index is 6.90. The maximum Gasteiger partial charge on any atom is 0.159 e. The van der Waals surface area contributed by atoms with Gasteiger partial charge < -0.3 is 18.2 Å². The fraction of sp³-hybridized carbons (Fsp3) is 0. The Hall–Kier alpha value is -6.26. The van der Waals surface area contributed by atoms with Gasteiger partial charge in [0.25, 0.3) is 0 Å². The lowest BCUT2D eigenvalue weighted by atomic mass is 10.0. The van der Waals surface area contributed by atoms with Gasteiger partial charge in [0.05, 0.1) is 5.69 Å². The van der Waals surface area contributed by atoms with Gasteiger partial charge in [-0.15, -0.1) is 0 Å². The van der Waals surface area contributed by atoms with Gasteiger partial charge in [0.1, 0.15) is 27.9 Å². The third-order valence-electron chi connectivity index (χ3n) is 9.07. The molecule has 0 bridgehead atoms. The van der Waals surface area contributed by atoms with E-state index in [2.05, 4.69) is 126 Å². The summed E-state index contributed by atoms with van der Waals surface area (Å²) in [6.45, 7) is 0. The highest BCUT2D eigenvalue weighted by Crippen LogP contribution is 2.46. The molecule has 0 aliphatic rings. The second kappa shape index (κ2) is 9.62. The van der Waals surface area contributed by atoms with Crippen LogP contribution in [-0.4, -0.2) is 0 Å². The molecule has 0 atom stereocenters. The zero-order valence-electron chi connectivity index (χ0n) is 24.6. The van der Waals surface area contributed by atoms with Crippen molar-refractivity contribution in [2.24, 2.45) is 0 Å². The first kappa shape index (κ1) is 25.1. The molecular weight excluding hydrogens is 566 g/mol. The van der Waals surface area contributed by atoms with Crippen molar-refractivity contribution >= 4 is 82.9 Å². The Morgan fingerprint density at radius 3 is 1.52 bits per heavy atom. The minimum Gasteiger partial charge on any atom is -0.456 e. The summed E-state index contributed by atoms with van der Waals surface area (Å²) < 4.78 is 19.3. The fourth-order valence-electron chi connectivity index (χ4n) is 6.96. The molecule has 3 heterocycles. The Bertz CT molecular complexity index is 2650. The third kappa shape index (κ3) is 3.67. The summed E-state index contributed by atoms with van der Waals surface area (Å²) in [5, 5.41) is 6.47. The SMILES string of the molecule is c1ccc(-c2cccc3c2oc2c(N(c4ccc5oc6ccccc6c5c4)c4ccc5oc6ccccc6c5c4)cccc23)cc1. The quantitative estimate of drug-likeness (QED) is 0.204. The number of rotatable bonds is 4. The van der Waals surface area contributed by atoms with E-state index in [9.17, 15) is 0 Å². The molecule has 0 fully saturated rings. The average molecular weight is 592 g/mol. The summed E-state index contributed by atoms with van der Waals surface area (Å²) in [5.74, 6) is 0. The summed E-state index contributed by atoms with van der Waals surface area (Å²) in [5.41, 5.74) is 10.3. The Balaban J connectivity index is 1.27. The van der Waals surface area contributed by atoms with Gasteiger partial charge in [0, 0.05) is 49.3 Å². The standard InChI is InChI=1S/C42H25NO3/c1-2-10-26(11-3-1)29-14-8-15-32-33-16-9-17-36(42(33)46-41(29)32)43(27-20-22-39-34(24-27)30-12-4-6-18-37(30)44-39)28-21-23-40-35(25-28)31-13-5-7-19-38(31)45-40/h1-25H. The minimum atomic E-state index is 0.829. The molecule has 0 N–H and O–H groups in total. The van der Waals surface area contributed by atoms with Crippen LogP contribution in [0.25, 0.3) is 76.9 Å². The number of para-hydroxylation sites is 4. The second-order valence-electron chi connectivity index (χ2n) is 11.7. The smallest absolute Gasteiger partial charge is 0.159 e. The highest BCUT2D eigenvalue weighted by atomic mass is 16.3. The van der Waals surface area contributed by atoms with Crippen LogP contribution >= 0.6 is 0 Å². The molecule has 4 heteroatoms. The van der Waals surface area contributed by atoms with Crippen LogP contribution in [0.1, 0.15) is 0 Å². The monoisotopic (exact) mass is 591 g/mol. The Morgan fingerprint density at radius 1 is 0.348 bits per heavy atom. The molecule has 216 valence electrons. The first-order chi connectivity index (χ1) is 22.8. The molecule has 0 saturated carbocycles. The van der Waals surface area contributed by atoms with Crippen molar-refractivity contribution in [3.63, 3.8) is 0 Å². The molecule has 0 saturated heterocycles. The molecule has 0 aliphatic carbocycles. The van der Waals surface area contributed by atoms with Crippen LogP contribution in [0.4, 0.5) is 17.1 Å². The number of anilines is 3. The fourth-order valence-corrected chi connectivity index (χ4v) is 6.96. The first-order valence-electron chi connectivity index (χ1n) is 15.4. The van der Waals surface area contributed by atoms with Crippen LogP contribution < -0.4 is 4.90 Å². The molecule has 7 aromatic carbocycles. The highest BCUT2D eigenvalue weighted by Gasteiger charge is 2.22. The number of nitrogens with zero attached hydrogens (tertiary/aromatic N) is 1. The lowest BCUT2D eigenvalue weighted by Gasteiger charge is -2.25. The van der Waals surface area contributed by atoms with Crippen molar-refractivity contribution in [2.75, 3.05) is 4.90 Å². The van der Waals surface area contributed by atoms with Gasteiger partial charge in [-0.05, 0) is 60.2 Å². The van der Waals surface area contributed by atoms with Crippen LogP contribution in [-0.2, 0) is 0 Å². The molecule has 0 amide bonds. The van der Waals surface area contributed by atoms with Crippen molar-refractivity contribution in [3.05, 3.63) is 152 Å². The van der Waals surface area contributed by atoms with E-state index in [-0.39, 0.29) is 0 Å². The molecule has 0 unspecified atom stereocenters. The average Bonchev–Trinajstić information content (AvgIpc) is 3.80. The van der Waals surface area contributed by atoms with Gasteiger partial charge in [0.2, 0.25) is 0 Å². The number of hydrogen-bond donors (Lipinski definition) is 0. The minimum absolute atomic E-state index is 0.829. The van der Waals surface area contributed by atoms with Gasteiger partial charge in [-0.2, -0.15) is 0 Å². The molecule has 0 spiro atoms. The van der Waals surface area contributed by atoms with Crippen LogP contribution in [0.3, 0.4) is 0 Å². The Morgan fingerprint density at radius 2 is 0.870 bits per heavy atom. The van der Waals surface area contributed by atoms with E-state index >= 15 is 0 Å². The molecule has 10 rings (SSSR count). The maximum absolute atomic E-state index is 6.90. The molecule has 46 heavy (non-hydrogen) atoms.